The van der Waals surface area contributed by atoms with E-state index in [1.54, 1.807) is 19.1 Å². The monoisotopic (exact) mass is 154 g/mol. The van der Waals surface area contributed by atoms with E-state index in [-0.39, 0.29) is 5.82 Å². The van der Waals surface area contributed by atoms with Crippen molar-refractivity contribution in [1.29, 1.82) is 0 Å². The lowest BCUT2D eigenvalue weighted by molar-refractivity contribution is 0.518. The lowest BCUT2D eigenvalue weighted by atomic mass is 10.0. The minimum atomic E-state index is -0.881. The maximum Gasteiger partial charge on any atom is 0.123 e. The van der Waals surface area contributed by atoms with Gasteiger partial charge >= 0.3 is 0 Å². The summed E-state index contributed by atoms with van der Waals surface area (Å²) < 4.78 is 12.4. The van der Waals surface area contributed by atoms with Crippen LogP contribution in [0.2, 0.25) is 0 Å². The molecule has 0 radical (unpaired) electrons. The van der Waals surface area contributed by atoms with Gasteiger partial charge in [-0.05, 0) is 24.6 Å². The van der Waals surface area contributed by atoms with Gasteiger partial charge in [-0.25, -0.2) is 4.39 Å². The summed E-state index contributed by atoms with van der Waals surface area (Å²) in [5.74, 6) is -0.280. The first-order valence-electron chi connectivity index (χ1n) is 3.34. The van der Waals surface area contributed by atoms with Gasteiger partial charge in [-0.1, -0.05) is 12.1 Å². The molecule has 0 aliphatic rings. The van der Waals surface area contributed by atoms with Gasteiger partial charge in [0.1, 0.15) is 5.82 Å². The Labute approximate surface area is 65.0 Å². The molecule has 0 aliphatic heterocycles. The summed E-state index contributed by atoms with van der Waals surface area (Å²) in [6, 6.07) is 5.84. The van der Waals surface area contributed by atoms with Crippen molar-refractivity contribution in [2.45, 2.75) is 12.6 Å². The number of halogens is 1. The average molecular weight is 154 g/mol. The zero-order valence-corrected chi connectivity index (χ0v) is 6.34. The molecule has 0 spiro atoms. The average Bonchev–Trinajstić information content (AvgIpc) is 1.86. The molecule has 0 amide bonds. The second-order valence-electron chi connectivity index (χ2n) is 2.79. The molecule has 11 heavy (non-hydrogen) atoms. The fourth-order valence-electron chi connectivity index (χ4n) is 0.809. The van der Waals surface area contributed by atoms with Gasteiger partial charge < -0.3 is 11.5 Å². The fourth-order valence-corrected chi connectivity index (χ4v) is 0.809. The number of benzene rings is 1. The molecule has 0 atom stereocenters. The zero-order chi connectivity index (χ0) is 8.48. The predicted molar refractivity (Wildman–Crippen MR) is 42.1 cm³/mol. The lowest BCUT2D eigenvalue weighted by Gasteiger charge is -2.18. The van der Waals surface area contributed by atoms with Crippen LogP contribution in [-0.4, -0.2) is 0 Å². The molecule has 2 nitrogen and oxygen atoms in total. The molecule has 0 saturated carbocycles. The van der Waals surface area contributed by atoms with Crippen LogP contribution >= 0.6 is 0 Å². The lowest BCUT2D eigenvalue weighted by Crippen LogP contribution is -2.42. The Morgan fingerprint density at radius 3 is 2.00 bits per heavy atom. The maximum atomic E-state index is 12.4. The Morgan fingerprint density at radius 1 is 1.18 bits per heavy atom. The summed E-state index contributed by atoms with van der Waals surface area (Å²) in [5, 5.41) is 0. The number of nitrogens with two attached hydrogens (primary N) is 2. The molecule has 0 saturated heterocycles. The molecule has 1 aromatic carbocycles. The van der Waals surface area contributed by atoms with E-state index in [0.29, 0.717) is 0 Å². The smallest absolute Gasteiger partial charge is 0.123 e. The summed E-state index contributed by atoms with van der Waals surface area (Å²) in [6.07, 6.45) is 0. The fraction of sp³-hybridized carbons (Fsp3) is 0.250. The van der Waals surface area contributed by atoms with E-state index >= 15 is 0 Å². The summed E-state index contributed by atoms with van der Waals surface area (Å²) in [5.41, 5.74) is 11.0. The van der Waals surface area contributed by atoms with Crippen LogP contribution in [0.5, 0.6) is 0 Å². The molecule has 0 aromatic heterocycles. The van der Waals surface area contributed by atoms with Crippen LogP contribution in [0.15, 0.2) is 24.3 Å². The van der Waals surface area contributed by atoms with E-state index in [1.165, 1.54) is 12.1 Å². The van der Waals surface area contributed by atoms with Crippen molar-refractivity contribution in [3.05, 3.63) is 35.6 Å². The quantitative estimate of drug-likeness (QED) is 0.591. The van der Waals surface area contributed by atoms with E-state index in [9.17, 15) is 4.39 Å². The molecule has 4 N–H and O–H groups in total. The second-order valence-corrected chi connectivity index (χ2v) is 2.79. The standard InChI is InChI=1S/C8H11FN2/c1-8(10,11)6-2-4-7(9)5-3-6/h2-5H,10-11H2,1H3. The van der Waals surface area contributed by atoms with E-state index in [0.717, 1.165) is 5.56 Å². The third-order valence-corrected chi connectivity index (χ3v) is 1.47. The maximum absolute atomic E-state index is 12.4. The Balaban J connectivity index is 2.99. The summed E-state index contributed by atoms with van der Waals surface area (Å²) in [4.78, 5) is 0. The number of rotatable bonds is 1. The van der Waals surface area contributed by atoms with Crippen molar-refractivity contribution in [1.82, 2.24) is 0 Å². The Morgan fingerprint density at radius 2 is 1.64 bits per heavy atom. The zero-order valence-electron chi connectivity index (χ0n) is 6.34. The summed E-state index contributed by atoms with van der Waals surface area (Å²) >= 11 is 0. The number of hydrogen-bond acceptors (Lipinski definition) is 2. The highest BCUT2D eigenvalue weighted by Gasteiger charge is 2.13. The van der Waals surface area contributed by atoms with Crippen LogP contribution in [0, 0.1) is 5.82 Å². The number of hydrogen-bond donors (Lipinski definition) is 2. The van der Waals surface area contributed by atoms with Gasteiger partial charge in [0.2, 0.25) is 0 Å². The highest BCUT2D eigenvalue weighted by molar-refractivity contribution is 5.22. The molecule has 1 aromatic rings. The Kier molecular flexibility index (Phi) is 1.93. The molecular formula is C8H11FN2. The minimum absolute atomic E-state index is 0.280. The Hall–Kier alpha value is -0.930. The largest absolute Gasteiger partial charge is 0.310 e. The molecule has 0 unspecified atom stereocenters. The first-order chi connectivity index (χ1) is 5.00. The van der Waals surface area contributed by atoms with Crippen molar-refractivity contribution < 1.29 is 4.39 Å². The highest BCUT2D eigenvalue weighted by atomic mass is 19.1. The van der Waals surface area contributed by atoms with Crippen molar-refractivity contribution in [3.63, 3.8) is 0 Å². The predicted octanol–water partition coefficient (Wildman–Crippen LogP) is 0.916. The molecule has 0 bridgehead atoms. The molecule has 0 aliphatic carbocycles. The van der Waals surface area contributed by atoms with Crippen LogP contribution < -0.4 is 11.5 Å². The van der Waals surface area contributed by atoms with Gasteiger partial charge in [-0.2, -0.15) is 0 Å². The first-order valence-corrected chi connectivity index (χ1v) is 3.34. The van der Waals surface area contributed by atoms with Crippen molar-refractivity contribution in [3.8, 4) is 0 Å². The summed E-state index contributed by atoms with van der Waals surface area (Å²) in [7, 11) is 0. The van der Waals surface area contributed by atoms with Crippen LogP contribution in [0.3, 0.4) is 0 Å². The first kappa shape index (κ1) is 8.17. The van der Waals surface area contributed by atoms with Crippen molar-refractivity contribution in [2.75, 3.05) is 0 Å². The van der Waals surface area contributed by atoms with E-state index in [2.05, 4.69) is 0 Å². The molecular weight excluding hydrogens is 143 g/mol. The van der Waals surface area contributed by atoms with Gasteiger partial charge in [-0.15, -0.1) is 0 Å². The molecule has 60 valence electrons. The van der Waals surface area contributed by atoms with Gasteiger partial charge in [0.05, 0.1) is 5.66 Å². The van der Waals surface area contributed by atoms with E-state index in [1.807, 2.05) is 0 Å². The van der Waals surface area contributed by atoms with Gasteiger partial charge in [-0.3, -0.25) is 0 Å². The van der Waals surface area contributed by atoms with Gasteiger partial charge in [0, 0.05) is 0 Å². The Bertz CT molecular complexity index is 235. The molecule has 3 heteroatoms. The minimum Gasteiger partial charge on any atom is -0.310 e. The molecule has 0 heterocycles. The van der Waals surface area contributed by atoms with Crippen LogP contribution in [0.1, 0.15) is 12.5 Å². The SMILES string of the molecule is CC(N)(N)c1ccc(F)cc1. The molecule has 0 fully saturated rings. The van der Waals surface area contributed by atoms with Crippen molar-refractivity contribution >= 4 is 0 Å². The van der Waals surface area contributed by atoms with Gasteiger partial charge in [0.15, 0.2) is 0 Å². The summed E-state index contributed by atoms with van der Waals surface area (Å²) in [6.45, 7) is 1.67. The second kappa shape index (κ2) is 2.60. The van der Waals surface area contributed by atoms with Crippen LogP contribution in [0.4, 0.5) is 4.39 Å². The van der Waals surface area contributed by atoms with Crippen LogP contribution in [0.25, 0.3) is 0 Å². The van der Waals surface area contributed by atoms with E-state index in [4.69, 9.17) is 11.5 Å². The van der Waals surface area contributed by atoms with E-state index < -0.39 is 5.66 Å². The third kappa shape index (κ3) is 2.00. The highest BCUT2D eigenvalue weighted by Crippen LogP contribution is 2.11. The van der Waals surface area contributed by atoms with Crippen molar-refractivity contribution in [2.24, 2.45) is 11.5 Å². The topological polar surface area (TPSA) is 52.0 Å². The molecule has 1 rings (SSSR count). The van der Waals surface area contributed by atoms with Gasteiger partial charge in [0.25, 0.3) is 0 Å². The third-order valence-electron chi connectivity index (χ3n) is 1.47. The van der Waals surface area contributed by atoms with Crippen LogP contribution in [-0.2, 0) is 5.66 Å². The normalized spacial score (nSPS) is 11.6.